The zero-order chi connectivity index (χ0) is 9.84. The third-order valence-electron chi connectivity index (χ3n) is 2.10. The number of hydrogen-bond donors (Lipinski definition) is 0. The quantitative estimate of drug-likeness (QED) is 0.510. The summed E-state index contributed by atoms with van der Waals surface area (Å²) in [7, 11) is 0. The summed E-state index contributed by atoms with van der Waals surface area (Å²) >= 11 is 6.97. The topological polar surface area (TPSA) is 47.6 Å². The Morgan fingerprint density at radius 3 is 2.00 bits per heavy atom. The summed E-state index contributed by atoms with van der Waals surface area (Å²) in [5.74, 6) is 0. The molecule has 13 heavy (non-hydrogen) atoms. The van der Waals surface area contributed by atoms with E-state index in [0.29, 0.717) is 0 Å². The maximum absolute atomic E-state index is 8.74. The van der Waals surface area contributed by atoms with Gasteiger partial charge in [-0.15, -0.1) is 0 Å². The van der Waals surface area contributed by atoms with Crippen molar-refractivity contribution in [3.05, 3.63) is 11.1 Å². The molecule has 0 aromatic rings. The van der Waals surface area contributed by atoms with Crippen LogP contribution in [-0.4, -0.2) is 9.65 Å². The van der Waals surface area contributed by atoms with Crippen LogP contribution >= 0.6 is 31.9 Å². The maximum atomic E-state index is 8.74. The summed E-state index contributed by atoms with van der Waals surface area (Å²) in [6, 6.07) is 3.88. The highest BCUT2D eigenvalue weighted by Crippen LogP contribution is 2.35. The molecule has 1 aliphatic carbocycles. The van der Waals surface area contributed by atoms with E-state index < -0.39 is 0 Å². The summed E-state index contributed by atoms with van der Waals surface area (Å²) in [4.78, 5) is 0.361. The summed E-state index contributed by atoms with van der Waals surface area (Å²) in [6.07, 6.45) is 3.13. The van der Waals surface area contributed by atoms with Gasteiger partial charge in [0.05, 0.1) is 0 Å². The van der Waals surface area contributed by atoms with Crippen molar-refractivity contribution in [1.82, 2.24) is 0 Å². The standard InChI is InChI=1S/C9H8Br2N2/c10-7-2-1-3-8(11)9(7)6(4-12)5-13/h7-8H,1-3H2. The second kappa shape index (κ2) is 4.79. The van der Waals surface area contributed by atoms with Crippen molar-refractivity contribution in [3.63, 3.8) is 0 Å². The molecule has 0 heterocycles. The first-order valence-corrected chi connectivity index (χ1v) is 5.86. The first kappa shape index (κ1) is 10.8. The number of rotatable bonds is 0. The summed E-state index contributed by atoms with van der Waals surface area (Å²) < 4.78 is 0. The maximum Gasteiger partial charge on any atom is 0.131 e. The van der Waals surface area contributed by atoms with E-state index in [-0.39, 0.29) is 15.2 Å². The first-order valence-electron chi connectivity index (χ1n) is 4.03. The molecule has 0 amide bonds. The minimum atomic E-state index is 0.180. The van der Waals surface area contributed by atoms with Crippen LogP contribution in [-0.2, 0) is 0 Å². The third kappa shape index (κ3) is 2.33. The number of allylic oxidation sites excluding steroid dienone is 2. The minimum absolute atomic E-state index is 0.180. The average Bonchev–Trinajstić information content (AvgIpc) is 2.11. The largest absolute Gasteiger partial charge is 0.192 e. The van der Waals surface area contributed by atoms with Gasteiger partial charge >= 0.3 is 0 Å². The Morgan fingerprint density at radius 2 is 1.62 bits per heavy atom. The molecule has 0 saturated heterocycles. The highest BCUT2D eigenvalue weighted by Gasteiger charge is 2.26. The van der Waals surface area contributed by atoms with Gasteiger partial charge in [0.15, 0.2) is 0 Å². The molecule has 0 aromatic carbocycles. The van der Waals surface area contributed by atoms with E-state index >= 15 is 0 Å². The molecule has 0 aliphatic heterocycles. The van der Waals surface area contributed by atoms with Gasteiger partial charge in [-0.05, 0) is 18.4 Å². The normalized spacial score (nSPS) is 27.5. The predicted octanol–water partition coefficient (Wildman–Crippen LogP) is 3.04. The smallest absolute Gasteiger partial charge is 0.131 e. The SMILES string of the molecule is N#CC(C#N)=C1C(Br)CCCC1Br. The summed E-state index contributed by atoms with van der Waals surface area (Å²) in [6.45, 7) is 0. The third-order valence-corrected chi connectivity index (χ3v) is 4.00. The Kier molecular flexibility index (Phi) is 3.96. The molecule has 2 nitrogen and oxygen atoms in total. The van der Waals surface area contributed by atoms with E-state index in [4.69, 9.17) is 10.5 Å². The number of nitrogens with zero attached hydrogens (tertiary/aromatic N) is 2. The fraction of sp³-hybridized carbons (Fsp3) is 0.556. The molecule has 0 radical (unpaired) electrons. The molecule has 0 spiro atoms. The second-order valence-corrected chi connectivity index (χ2v) is 5.13. The van der Waals surface area contributed by atoms with Gasteiger partial charge in [0, 0.05) is 9.65 Å². The Labute approximate surface area is 94.5 Å². The average molecular weight is 304 g/mol. The Morgan fingerprint density at radius 1 is 1.15 bits per heavy atom. The van der Waals surface area contributed by atoms with Crippen LogP contribution in [0.3, 0.4) is 0 Å². The molecule has 1 saturated carbocycles. The molecular weight excluding hydrogens is 296 g/mol. The van der Waals surface area contributed by atoms with E-state index in [1.807, 2.05) is 12.1 Å². The summed E-state index contributed by atoms with van der Waals surface area (Å²) in [5.41, 5.74) is 1.17. The van der Waals surface area contributed by atoms with Gasteiger partial charge in [-0.25, -0.2) is 0 Å². The Hall–Kier alpha value is -0.320. The van der Waals surface area contributed by atoms with Gasteiger partial charge in [0.25, 0.3) is 0 Å². The molecule has 68 valence electrons. The van der Waals surface area contributed by atoms with Crippen LogP contribution in [0.25, 0.3) is 0 Å². The molecule has 0 aromatic heterocycles. The molecule has 4 heteroatoms. The van der Waals surface area contributed by atoms with Gasteiger partial charge in [0.1, 0.15) is 17.7 Å². The van der Waals surface area contributed by atoms with Crippen LogP contribution in [0.1, 0.15) is 19.3 Å². The Bertz CT molecular complexity index is 281. The lowest BCUT2D eigenvalue weighted by atomic mass is 9.91. The zero-order valence-electron chi connectivity index (χ0n) is 6.93. The predicted molar refractivity (Wildman–Crippen MR) is 57.5 cm³/mol. The lowest BCUT2D eigenvalue weighted by Gasteiger charge is -2.25. The van der Waals surface area contributed by atoms with Crippen LogP contribution in [0.5, 0.6) is 0 Å². The molecule has 2 unspecified atom stereocenters. The van der Waals surface area contributed by atoms with Gasteiger partial charge in [0.2, 0.25) is 0 Å². The number of halogens is 2. The number of nitriles is 2. The Balaban J connectivity index is 3.06. The second-order valence-electron chi connectivity index (χ2n) is 2.92. The van der Waals surface area contributed by atoms with E-state index in [1.165, 1.54) is 0 Å². The van der Waals surface area contributed by atoms with Crippen LogP contribution in [0.15, 0.2) is 11.1 Å². The van der Waals surface area contributed by atoms with Crippen LogP contribution < -0.4 is 0 Å². The van der Waals surface area contributed by atoms with Crippen LogP contribution in [0.4, 0.5) is 0 Å². The number of hydrogen-bond acceptors (Lipinski definition) is 2. The molecule has 2 atom stereocenters. The molecule has 1 aliphatic rings. The monoisotopic (exact) mass is 302 g/mol. The first-order chi connectivity index (χ1) is 6.20. The van der Waals surface area contributed by atoms with Crippen molar-refractivity contribution < 1.29 is 0 Å². The van der Waals surface area contributed by atoms with Crippen molar-refractivity contribution in [2.45, 2.75) is 28.9 Å². The highest BCUT2D eigenvalue weighted by atomic mass is 79.9. The molecule has 1 fully saturated rings. The van der Waals surface area contributed by atoms with E-state index in [2.05, 4.69) is 31.9 Å². The molecule has 0 N–H and O–H groups in total. The summed E-state index contributed by atoms with van der Waals surface area (Å²) in [5, 5.41) is 17.5. The highest BCUT2D eigenvalue weighted by molar-refractivity contribution is 9.10. The molecule has 1 rings (SSSR count). The molecule has 0 bridgehead atoms. The van der Waals surface area contributed by atoms with Crippen molar-refractivity contribution in [2.24, 2.45) is 0 Å². The van der Waals surface area contributed by atoms with E-state index in [1.54, 1.807) is 0 Å². The van der Waals surface area contributed by atoms with Crippen molar-refractivity contribution in [1.29, 1.82) is 10.5 Å². The minimum Gasteiger partial charge on any atom is -0.192 e. The fourth-order valence-electron chi connectivity index (χ4n) is 1.45. The van der Waals surface area contributed by atoms with E-state index in [9.17, 15) is 0 Å². The number of alkyl halides is 2. The van der Waals surface area contributed by atoms with Gasteiger partial charge in [-0.3, -0.25) is 0 Å². The van der Waals surface area contributed by atoms with E-state index in [0.717, 1.165) is 24.8 Å². The lowest BCUT2D eigenvalue weighted by molar-refractivity contribution is 0.627. The van der Waals surface area contributed by atoms with Crippen molar-refractivity contribution in [2.75, 3.05) is 0 Å². The molecular formula is C9H8Br2N2. The lowest BCUT2D eigenvalue weighted by Crippen LogP contribution is -2.20. The van der Waals surface area contributed by atoms with Crippen LogP contribution in [0, 0.1) is 22.7 Å². The zero-order valence-corrected chi connectivity index (χ0v) is 10.1. The van der Waals surface area contributed by atoms with Gasteiger partial charge in [-0.1, -0.05) is 38.3 Å². The van der Waals surface area contributed by atoms with Crippen LogP contribution in [0.2, 0.25) is 0 Å². The van der Waals surface area contributed by atoms with Crippen molar-refractivity contribution >= 4 is 31.9 Å². The van der Waals surface area contributed by atoms with Gasteiger partial charge < -0.3 is 0 Å². The van der Waals surface area contributed by atoms with Crippen molar-refractivity contribution in [3.8, 4) is 12.1 Å². The fourth-order valence-corrected chi connectivity index (χ4v) is 3.55. The van der Waals surface area contributed by atoms with Gasteiger partial charge in [-0.2, -0.15) is 10.5 Å².